The summed E-state index contributed by atoms with van der Waals surface area (Å²) < 4.78 is 48.4. The number of halogens is 2. The molecule has 210 valence electrons. The number of anilines is 2. The van der Waals surface area contributed by atoms with E-state index in [1.807, 2.05) is 6.07 Å². The Balaban J connectivity index is 1.29. The second-order valence-electron chi connectivity index (χ2n) is 10.6. The zero-order valence-corrected chi connectivity index (χ0v) is 22.4. The van der Waals surface area contributed by atoms with Crippen molar-refractivity contribution >= 4 is 17.2 Å². The van der Waals surface area contributed by atoms with Crippen LogP contribution >= 0.6 is 0 Å². The Morgan fingerprint density at radius 1 is 1.12 bits per heavy atom. The van der Waals surface area contributed by atoms with E-state index >= 15 is 8.78 Å². The molecular weight excluding hydrogens is 518 g/mol. The van der Waals surface area contributed by atoms with Crippen molar-refractivity contribution in [3.63, 3.8) is 0 Å². The molecule has 6 rings (SSSR count). The molecule has 2 aliphatic rings. The third kappa shape index (κ3) is 5.12. The summed E-state index contributed by atoms with van der Waals surface area (Å²) in [5.41, 5.74) is 8.85. The Morgan fingerprint density at radius 2 is 1.95 bits per heavy atom. The first-order valence-electron chi connectivity index (χ1n) is 13.5. The molecule has 1 saturated carbocycles. The number of nitrogens with one attached hydrogen (secondary N) is 1. The molecule has 3 N–H and O–H groups in total. The second-order valence-corrected chi connectivity index (χ2v) is 10.6. The molecule has 0 bridgehead atoms. The number of ether oxygens (including phenoxy) is 3. The molecule has 11 heteroatoms. The number of rotatable bonds is 7. The summed E-state index contributed by atoms with van der Waals surface area (Å²) in [5, 5.41) is 7.88. The number of nitrogens with two attached hydrogens (primary N) is 1. The lowest BCUT2D eigenvalue weighted by Gasteiger charge is -2.38. The number of pyridine rings is 1. The van der Waals surface area contributed by atoms with Gasteiger partial charge in [0.05, 0.1) is 54.2 Å². The third-order valence-corrected chi connectivity index (χ3v) is 7.86. The average molecular weight is 551 g/mol. The molecule has 1 saturated heterocycles. The van der Waals surface area contributed by atoms with Gasteiger partial charge in [0, 0.05) is 37.9 Å². The predicted octanol–water partition coefficient (Wildman–Crippen LogP) is 4.84. The second kappa shape index (κ2) is 11.1. The number of hydrogen-bond acceptors (Lipinski definition) is 8. The Labute approximate surface area is 230 Å². The van der Waals surface area contributed by atoms with Crippen LogP contribution in [0.4, 0.5) is 20.4 Å². The van der Waals surface area contributed by atoms with Gasteiger partial charge in [-0.25, -0.2) is 13.8 Å². The molecule has 3 aromatic heterocycles. The van der Waals surface area contributed by atoms with E-state index < -0.39 is 11.6 Å². The smallest absolute Gasteiger partial charge is 0.229 e. The fourth-order valence-electron chi connectivity index (χ4n) is 5.97. The van der Waals surface area contributed by atoms with Gasteiger partial charge in [-0.05, 0) is 48.4 Å². The number of methoxy groups -OCH3 is 1. The van der Waals surface area contributed by atoms with Crippen LogP contribution in [-0.4, -0.2) is 58.2 Å². The SMILES string of the molecule is COC1C(C)CC(c2ccncc2Nc2ncc3ccc(-c4c(F)cc(OC5CCOC5)cc4F)nn23)CC1N. The number of fused-ring (bicyclic) bond motifs is 1. The highest BCUT2D eigenvalue weighted by molar-refractivity contribution is 5.66. The number of benzene rings is 1. The highest BCUT2D eigenvalue weighted by Crippen LogP contribution is 2.40. The summed E-state index contributed by atoms with van der Waals surface area (Å²) in [4.78, 5) is 8.79. The largest absolute Gasteiger partial charge is 0.488 e. The summed E-state index contributed by atoms with van der Waals surface area (Å²) in [6, 6.07) is 7.56. The first-order chi connectivity index (χ1) is 19.4. The minimum absolute atomic E-state index is 0.0199. The Kier molecular flexibility index (Phi) is 7.35. The number of hydrogen-bond donors (Lipinski definition) is 2. The summed E-state index contributed by atoms with van der Waals surface area (Å²) >= 11 is 0. The van der Waals surface area contributed by atoms with Gasteiger partial charge in [-0.2, -0.15) is 9.61 Å². The van der Waals surface area contributed by atoms with E-state index in [1.54, 1.807) is 37.8 Å². The molecule has 40 heavy (non-hydrogen) atoms. The van der Waals surface area contributed by atoms with Crippen LogP contribution in [0.5, 0.6) is 5.75 Å². The summed E-state index contributed by atoms with van der Waals surface area (Å²) in [6.45, 7) is 3.13. The van der Waals surface area contributed by atoms with Gasteiger partial charge >= 0.3 is 0 Å². The van der Waals surface area contributed by atoms with Gasteiger partial charge in [-0.3, -0.25) is 4.98 Å². The van der Waals surface area contributed by atoms with Crippen molar-refractivity contribution in [2.45, 2.75) is 50.4 Å². The molecule has 0 amide bonds. The van der Waals surface area contributed by atoms with Crippen molar-refractivity contribution in [2.24, 2.45) is 11.7 Å². The summed E-state index contributed by atoms with van der Waals surface area (Å²) in [7, 11) is 1.71. The van der Waals surface area contributed by atoms with E-state index in [0.29, 0.717) is 37.0 Å². The third-order valence-electron chi connectivity index (χ3n) is 7.86. The van der Waals surface area contributed by atoms with Gasteiger partial charge < -0.3 is 25.3 Å². The van der Waals surface area contributed by atoms with Crippen molar-refractivity contribution in [1.82, 2.24) is 19.6 Å². The minimum Gasteiger partial charge on any atom is -0.488 e. The molecule has 0 radical (unpaired) electrons. The van der Waals surface area contributed by atoms with E-state index in [-0.39, 0.29) is 41.2 Å². The van der Waals surface area contributed by atoms with Gasteiger partial charge in [0.1, 0.15) is 23.5 Å². The predicted molar refractivity (Wildman–Crippen MR) is 146 cm³/mol. The van der Waals surface area contributed by atoms with Crippen molar-refractivity contribution in [2.75, 3.05) is 25.6 Å². The molecule has 5 unspecified atom stereocenters. The number of imidazole rings is 1. The van der Waals surface area contributed by atoms with Gasteiger partial charge in [0.25, 0.3) is 0 Å². The average Bonchev–Trinajstić information content (AvgIpc) is 3.58. The molecule has 4 aromatic rings. The quantitative estimate of drug-likeness (QED) is 0.337. The van der Waals surface area contributed by atoms with Crippen LogP contribution in [0.1, 0.15) is 37.7 Å². The van der Waals surface area contributed by atoms with Crippen LogP contribution in [0.2, 0.25) is 0 Å². The van der Waals surface area contributed by atoms with Crippen molar-refractivity contribution in [3.05, 3.63) is 66.1 Å². The van der Waals surface area contributed by atoms with Crippen molar-refractivity contribution in [3.8, 4) is 17.0 Å². The molecule has 2 fully saturated rings. The Bertz CT molecular complexity index is 1470. The zero-order valence-electron chi connectivity index (χ0n) is 22.4. The molecule has 1 aliphatic carbocycles. The highest BCUT2D eigenvalue weighted by atomic mass is 19.1. The summed E-state index contributed by atoms with van der Waals surface area (Å²) in [6.07, 6.45) is 7.32. The van der Waals surface area contributed by atoms with Crippen molar-refractivity contribution < 1.29 is 23.0 Å². The number of nitrogens with zero attached hydrogens (tertiary/aromatic N) is 4. The van der Waals surface area contributed by atoms with Crippen LogP contribution in [0.25, 0.3) is 16.8 Å². The normalized spacial score (nSPS) is 24.9. The van der Waals surface area contributed by atoms with Crippen molar-refractivity contribution in [1.29, 1.82) is 0 Å². The van der Waals surface area contributed by atoms with Gasteiger partial charge in [0.15, 0.2) is 0 Å². The first kappa shape index (κ1) is 26.5. The van der Waals surface area contributed by atoms with Gasteiger partial charge in [-0.1, -0.05) is 6.92 Å². The van der Waals surface area contributed by atoms with E-state index in [2.05, 4.69) is 27.3 Å². The highest BCUT2D eigenvalue weighted by Gasteiger charge is 2.35. The minimum atomic E-state index is -0.762. The van der Waals surface area contributed by atoms with Crippen LogP contribution in [0.15, 0.2) is 48.9 Å². The first-order valence-corrected chi connectivity index (χ1v) is 13.5. The number of aromatic nitrogens is 4. The fraction of sp³-hybridized carbons (Fsp3) is 0.414. The Hall–Kier alpha value is -3.67. The van der Waals surface area contributed by atoms with Gasteiger partial charge in [-0.15, -0.1) is 0 Å². The van der Waals surface area contributed by atoms with Crippen LogP contribution in [0.3, 0.4) is 0 Å². The van der Waals surface area contributed by atoms with E-state index in [0.717, 1.165) is 24.1 Å². The topological polar surface area (TPSA) is 109 Å². The maximum atomic E-state index is 15.2. The Morgan fingerprint density at radius 3 is 2.67 bits per heavy atom. The van der Waals surface area contributed by atoms with Crippen LogP contribution < -0.4 is 15.8 Å². The van der Waals surface area contributed by atoms with Gasteiger partial charge in [0.2, 0.25) is 5.95 Å². The molecule has 1 aromatic carbocycles. The van der Waals surface area contributed by atoms with E-state index in [1.165, 1.54) is 16.6 Å². The fourth-order valence-corrected chi connectivity index (χ4v) is 5.97. The molecular formula is C29H32F2N6O3. The molecule has 5 atom stereocenters. The molecule has 0 spiro atoms. The molecule has 1 aliphatic heterocycles. The van der Waals surface area contributed by atoms with Crippen LogP contribution in [-0.2, 0) is 9.47 Å². The monoisotopic (exact) mass is 550 g/mol. The van der Waals surface area contributed by atoms with E-state index in [9.17, 15) is 0 Å². The lowest BCUT2D eigenvalue weighted by molar-refractivity contribution is 0.00984. The maximum Gasteiger partial charge on any atom is 0.229 e. The molecule has 9 nitrogen and oxygen atoms in total. The van der Waals surface area contributed by atoms with Crippen LogP contribution in [0, 0.1) is 17.6 Å². The summed E-state index contributed by atoms with van der Waals surface area (Å²) in [5.74, 6) is -0.501. The lowest BCUT2D eigenvalue weighted by Crippen LogP contribution is -2.45. The lowest BCUT2D eigenvalue weighted by atomic mass is 9.74. The maximum absolute atomic E-state index is 15.2. The van der Waals surface area contributed by atoms with E-state index in [4.69, 9.17) is 19.9 Å². The standard InChI is InChI=1S/C29H32F2N6O3/c1-16-9-17(10-24(32)28(16)38-2)21-5-7-33-14-26(21)35-29-34-13-18-3-4-25(36-37(18)29)27-22(30)11-20(12-23(27)31)40-19-6-8-39-15-19/h3-5,7,11-14,16-17,19,24,28H,6,8-10,15,32H2,1-2H3,(H,34,35). The molecule has 4 heterocycles. The zero-order chi connectivity index (χ0) is 27.8.